The number of hydrogen-bond acceptors (Lipinski definition) is 9. The zero-order valence-corrected chi connectivity index (χ0v) is 27.1. The van der Waals surface area contributed by atoms with Crippen LogP contribution in [0.1, 0.15) is 68.0 Å². The van der Waals surface area contributed by atoms with Crippen LogP contribution in [-0.4, -0.2) is 78.7 Å². The molecule has 0 aliphatic carbocycles. The van der Waals surface area contributed by atoms with Crippen molar-refractivity contribution in [3.63, 3.8) is 0 Å². The number of halogens is 2. The molecule has 1 aliphatic heterocycles. The molecule has 0 radical (unpaired) electrons. The van der Waals surface area contributed by atoms with Crippen LogP contribution in [0.25, 0.3) is 0 Å². The van der Waals surface area contributed by atoms with Crippen molar-refractivity contribution in [1.29, 1.82) is 0 Å². The van der Waals surface area contributed by atoms with Crippen molar-refractivity contribution in [2.24, 2.45) is 0 Å². The molecule has 4 rings (SSSR count). The van der Waals surface area contributed by atoms with Gasteiger partial charge in [0.1, 0.15) is 0 Å². The molecule has 3 aromatic rings. The number of nitrogens with two attached hydrogens (primary N) is 2. The Hall–Kier alpha value is -3.93. The van der Waals surface area contributed by atoms with Crippen LogP contribution in [0.4, 0.5) is 11.6 Å². The maximum Gasteiger partial charge on any atom is 0.337 e. The minimum absolute atomic E-state index is 0. The largest absolute Gasteiger partial charge is 1.00 e. The zero-order chi connectivity index (χ0) is 31.7. The first-order valence-corrected chi connectivity index (χ1v) is 15.1. The van der Waals surface area contributed by atoms with Gasteiger partial charge in [-0.05, 0) is 61.1 Å². The molecule has 1 aliphatic rings. The van der Waals surface area contributed by atoms with E-state index in [-0.39, 0.29) is 52.9 Å². The smallest absolute Gasteiger partial charge is 0.337 e. The molecule has 11 nitrogen and oxygen atoms in total. The zero-order valence-electron chi connectivity index (χ0n) is 25.6. The van der Waals surface area contributed by atoms with Crippen molar-refractivity contribution in [2.45, 2.75) is 44.6 Å². The molecule has 242 valence electrons. The van der Waals surface area contributed by atoms with Gasteiger partial charge in [-0.1, -0.05) is 35.9 Å². The highest BCUT2D eigenvalue weighted by atomic mass is 35.5. The summed E-state index contributed by atoms with van der Waals surface area (Å²) >= 11 is 6.01. The fourth-order valence-corrected chi connectivity index (χ4v) is 6.04. The number of carbonyl (C=O) groups is 3. The number of ether oxygens (including phenoxy) is 2. The standard InChI is InChI=1S/C32H39ClN6O5.ClH/c1-43-31(41)23-13-9-21(10-14-23)6-3-17-39(18-4-7-22-11-15-24(16-12-22)32(42)44-2)19-5-8-25(20-39)36-30(40)26-28(34)38-29(35)27(33)37-26;/h9-16,25H,3-8,17-20H2,1-2H3,(H4-,34,35,36,38,40);1H. The van der Waals surface area contributed by atoms with Crippen molar-refractivity contribution < 1.29 is 40.7 Å². The quantitative estimate of drug-likeness (QED) is 0.189. The number of methoxy groups -OCH3 is 2. The lowest BCUT2D eigenvalue weighted by Crippen LogP contribution is -3.00. The summed E-state index contributed by atoms with van der Waals surface area (Å²) < 4.78 is 10.5. The van der Waals surface area contributed by atoms with E-state index in [1.165, 1.54) is 14.2 Å². The molecule has 1 fully saturated rings. The summed E-state index contributed by atoms with van der Waals surface area (Å²) in [5.74, 6) is -1.20. The molecule has 13 heteroatoms. The molecule has 1 saturated heterocycles. The molecule has 45 heavy (non-hydrogen) atoms. The third-order valence-corrected chi connectivity index (χ3v) is 8.47. The van der Waals surface area contributed by atoms with Crippen LogP contribution < -0.4 is 29.2 Å². The highest BCUT2D eigenvalue weighted by Crippen LogP contribution is 2.24. The SMILES string of the molecule is COC(=O)c1ccc(CCC[N+]2(CCCc3ccc(C(=O)OC)cc3)CCCC(NC(=O)c3nc(Cl)c(N)nc3N)C2)cc1.[Cl-]. The number of benzene rings is 2. The molecular formula is C32H40Cl2N6O5. The lowest BCUT2D eigenvalue weighted by atomic mass is 9.98. The Balaban J connectivity index is 0.00000552. The van der Waals surface area contributed by atoms with Crippen LogP contribution in [-0.2, 0) is 22.3 Å². The van der Waals surface area contributed by atoms with Crippen LogP contribution in [0.5, 0.6) is 0 Å². The highest BCUT2D eigenvalue weighted by molar-refractivity contribution is 6.31. The molecule has 1 unspecified atom stereocenters. The molecular weight excluding hydrogens is 619 g/mol. The number of quaternary nitrogens is 1. The van der Waals surface area contributed by atoms with Crippen LogP contribution >= 0.6 is 11.6 Å². The summed E-state index contributed by atoms with van der Waals surface area (Å²) in [6, 6.07) is 15.0. The Morgan fingerprint density at radius 1 is 0.867 bits per heavy atom. The number of hydrogen-bond donors (Lipinski definition) is 3. The Bertz CT molecular complexity index is 1400. The first-order chi connectivity index (χ1) is 21.1. The van der Waals surface area contributed by atoms with Gasteiger partial charge in [0.05, 0.1) is 57.6 Å². The van der Waals surface area contributed by atoms with Gasteiger partial charge in [-0.15, -0.1) is 0 Å². The number of nitrogens with one attached hydrogen (secondary N) is 1. The molecule has 0 bridgehead atoms. The number of nitrogens with zero attached hydrogens (tertiary/aromatic N) is 3. The van der Waals surface area contributed by atoms with Crippen molar-refractivity contribution in [3.8, 4) is 0 Å². The van der Waals surface area contributed by atoms with E-state index in [2.05, 4.69) is 15.3 Å². The van der Waals surface area contributed by atoms with Gasteiger partial charge in [0.25, 0.3) is 5.91 Å². The average molecular weight is 660 g/mol. The van der Waals surface area contributed by atoms with E-state index >= 15 is 0 Å². The highest BCUT2D eigenvalue weighted by Gasteiger charge is 2.35. The number of aryl methyl sites for hydroxylation is 2. The van der Waals surface area contributed by atoms with E-state index in [0.29, 0.717) is 11.1 Å². The van der Waals surface area contributed by atoms with E-state index in [4.69, 9.17) is 32.5 Å². The van der Waals surface area contributed by atoms with Crippen molar-refractivity contribution in [1.82, 2.24) is 15.3 Å². The number of carbonyl (C=O) groups excluding carboxylic acids is 3. The summed E-state index contributed by atoms with van der Waals surface area (Å²) in [6.07, 6.45) is 5.41. The van der Waals surface area contributed by atoms with E-state index < -0.39 is 5.91 Å². The predicted molar refractivity (Wildman–Crippen MR) is 168 cm³/mol. The van der Waals surface area contributed by atoms with Gasteiger partial charge >= 0.3 is 11.9 Å². The fraction of sp³-hybridized carbons (Fsp3) is 0.406. The van der Waals surface area contributed by atoms with Crippen LogP contribution in [0, 0.1) is 0 Å². The van der Waals surface area contributed by atoms with Gasteiger partial charge in [0.2, 0.25) is 0 Å². The monoisotopic (exact) mass is 658 g/mol. The minimum atomic E-state index is -0.418. The molecule has 1 amide bonds. The van der Waals surface area contributed by atoms with Crippen LogP contribution in [0.3, 0.4) is 0 Å². The van der Waals surface area contributed by atoms with Crippen LogP contribution in [0.2, 0.25) is 5.15 Å². The number of rotatable bonds is 12. The first kappa shape index (κ1) is 35.5. The number of anilines is 2. The van der Waals surface area contributed by atoms with Gasteiger partial charge in [0, 0.05) is 12.8 Å². The van der Waals surface area contributed by atoms with Gasteiger partial charge in [0.15, 0.2) is 22.5 Å². The number of amides is 1. The second-order valence-electron chi connectivity index (χ2n) is 11.2. The third-order valence-electron chi connectivity index (χ3n) is 8.19. The Kier molecular flexibility index (Phi) is 13.0. The van der Waals surface area contributed by atoms with E-state index in [0.717, 1.165) is 80.3 Å². The predicted octanol–water partition coefficient (Wildman–Crippen LogP) is 0.846. The van der Waals surface area contributed by atoms with Gasteiger partial charge in [-0.2, -0.15) is 0 Å². The second-order valence-corrected chi connectivity index (χ2v) is 11.6. The second kappa shape index (κ2) is 16.4. The Morgan fingerprint density at radius 3 is 1.87 bits per heavy atom. The summed E-state index contributed by atoms with van der Waals surface area (Å²) in [5.41, 5.74) is 14.9. The topological polar surface area (TPSA) is 160 Å². The van der Waals surface area contributed by atoms with Gasteiger partial charge in [-0.25, -0.2) is 19.6 Å². The van der Waals surface area contributed by atoms with Crippen LogP contribution in [0.15, 0.2) is 48.5 Å². The molecule has 2 aromatic carbocycles. The summed E-state index contributed by atoms with van der Waals surface area (Å²) in [4.78, 5) is 44.7. The lowest BCUT2D eigenvalue weighted by molar-refractivity contribution is -0.933. The van der Waals surface area contributed by atoms with Crippen molar-refractivity contribution in [2.75, 3.05) is 51.9 Å². The molecule has 0 spiro atoms. The van der Waals surface area contributed by atoms with Crippen molar-refractivity contribution in [3.05, 3.63) is 81.6 Å². The minimum Gasteiger partial charge on any atom is -1.00 e. The summed E-state index contributed by atoms with van der Waals surface area (Å²) in [7, 11) is 2.75. The van der Waals surface area contributed by atoms with Crippen molar-refractivity contribution >= 4 is 41.1 Å². The number of esters is 2. The van der Waals surface area contributed by atoms with Gasteiger partial charge < -0.3 is 43.1 Å². The normalized spacial score (nSPS) is 15.4. The first-order valence-electron chi connectivity index (χ1n) is 14.7. The van der Waals surface area contributed by atoms with E-state index in [9.17, 15) is 14.4 Å². The van der Waals surface area contributed by atoms with Gasteiger partial charge in [-0.3, -0.25) is 4.79 Å². The molecule has 1 atom stereocenters. The van der Waals surface area contributed by atoms with E-state index in [1.54, 1.807) is 24.3 Å². The maximum atomic E-state index is 13.1. The van der Waals surface area contributed by atoms with E-state index in [1.807, 2.05) is 24.3 Å². The summed E-state index contributed by atoms with van der Waals surface area (Å²) in [5, 5.41) is 3.06. The number of aromatic nitrogens is 2. The molecule has 5 N–H and O–H groups in total. The third kappa shape index (κ3) is 9.53. The Morgan fingerprint density at radius 2 is 1.38 bits per heavy atom. The number of piperidine rings is 1. The molecule has 2 heterocycles. The molecule has 0 saturated carbocycles. The molecule has 1 aromatic heterocycles. The lowest BCUT2D eigenvalue weighted by Gasteiger charge is -2.45. The number of likely N-dealkylation sites (tertiary alicyclic amines) is 1. The fourth-order valence-electron chi connectivity index (χ4n) is 5.91. The maximum absolute atomic E-state index is 13.1. The summed E-state index contributed by atoms with van der Waals surface area (Å²) in [6.45, 7) is 3.64. The average Bonchev–Trinajstić information content (AvgIpc) is 3.02. The number of nitrogen functional groups attached to an aromatic ring is 2. The Labute approximate surface area is 274 Å².